The SMILES string of the molecule is CCC(C)C(C)NS(=O)(=O)c1cc(OC)c(NC(=O)c2ccccc2C)cc1C. The van der Waals surface area contributed by atoms with Gasteiger partial charge in [-0.2, -0.15) is 0 Å². The summed E-state index contributed by atoms with van der Waals surface area (Å²) < 4.78 is 33.9. The van der Waals surface area contributed by atoms with E-state index in [9.17, 15) is 13.2 Å². The summed E-state index contributed by atoms with van der Waals surface area (Å²) in [4.78, 5) is 12.8. The van der Waals surface area contributed by atoms with Gasteiger partial charge in [0.2, 0.25) is 10.0 Å². The molecule has 0 aliphatic heterocycles. The van der Waals surface area contributed by atoms with Crippen LogP contribution in [0.3, 0.4) is 0 Å². The Kier molecular flexibility index (Phi) is 7.43. The van der Waals surface area contributed by atoms with Crippen molar-refractivity contribution in [3.05, 3.63) is 53.1 Å². The van der Waals surface area contributed by atoms with Gasteiger partial charge in [-0.15, -0.1) is 0 Å². The molecule has 2 unspecified atom stereocenters. The Balaban J connectivity index is 2.36. The first-order valence-corrected chi connectivity index (χ1v) is 11.2. The quantitative estimate of drug-likeness (QED) is 0.670. The van der Waals surface area contributed by atoms with E-state index >= 15 is 0 Å². The Morgan fingerprint density at radius 3 is 2.34 bits per heavy atom. The smallest absolute Gasteiger partial charge is 0.256 e. The van der Waals surface area contributed by atoms with Crippen LogP contribution in [0.5, 0.6) is 5.75 Å². The molecule has 7 heteroatoms. The van der Waals surface area contributed by atoms with Crippen LogP contribution in [0.2, 0.25) is 0 Å². The first-order chi connectivity index (χ1) is 13.6. The number of nitrogens with one attached hydrogen (secondary N) is 2. The summed E-state index contributed by atoms with van der Waals surface area (Å²) in [6, 6.07) is 10.1. The van der Waals surface area contributed by atoms with Crippen molar-refractivity contribution in [1.82, 2.24) is 4.72 Å². The molecule has 0 heterocycles. The molecule has 2 aromatic rings. The number of carbonyl (C=O) groups is 1. The van der Waals surface area contributed by atoms with Gasteiger partial charge in [0.25, 0.3) is 5.91 Å². The first kappa shape index (κ1) is 22.9. The lowest BCUT2D eigenvalue weighted by atomic mass is 10.0. The Morgan fingerprint density at radius 1 is 1.10 bits per heavy atom. The number of hydrogen-bond donors (Lipinski definition) is 2. The maximum atomic E-state index is 12.9. The third-order valence-electron chi connectivity index (χ3n) is 5.26. The van der Waals surface area contributed by atoms with E-state index in [0.717, 1.165) is 12.0 Å². The van der Waals surface area contributed by atoms with Crippen LogP contribution >= 0.6 is 0 Å². The summed E-state index contributed by atoms with van der Waals surface area (Å²) in [6.07, 6.45) is 0.871. The molecule has 2 aromatic carbocycles. The highest BCUT2D eigenvalue weighted by molar-refractivity contribution is 7.89. The summed E-state index contributed by atoms with van der Waals surface area (Å²) in [5.74, 6) is 0.216. The molecular weight excluding hydrogens is 388 g/mol. The molecule has 29 heavy (non-hydrogen) atoms. The summed E-state index contributed by atoms with van der Waals surface area (Å²) in [7, 11) is -2.28. The number of methoxy groups -OCH3 is 1. The topological polar surface area (TPSA) is 84.5 Å². The molecule has 2 N–H and O–H groups in total. The Labute approximate surface area is 173 Å². The number of rotatable bonds is 8. The highest BCUT2D eigenvalue weighted by Crippen LogP contribution is 2.31. The molecule has 0 aromatic heterocycles. The van der Waals surface area contributed by atoms with Crippen molar-refractivity contribution >= 4 is 21.6 Å². The molecule has 2 rings (SSSR count). The van der Waals surface area contributed by atoms with Gasteiger partial charge in [-0.05, 0) is 49.9 Å². The van der Waals surface area contributed by atoms with Crippen LogP contribution < -0.4 is 14.8 Å². The van der Waals surface area contributed by atoms with Crippen molar-refractivity contribution in [2.24, 2.45) is 5.92 Å². The average Bonchev–Trinajstić information content (AvgIpc) is 2.67. The predicted octanol–water partition coefficient (Wildman–Crippen LogP) is 4.28. The maximum Gasteiger partial charge on any atom is 0.256 e. The summed E-state index contributed by atoms with van der Waals surface area (Å²) >= 11 is 0. The van der Waals surface area contributed by atoms with Gasteiger partial charge in [0, 0.05) is 17.7 Å². The zero-order valence-corrected chi connectivity index (χ0v) is 18.7. The van der Waals surface area contributed by atoms with Crippen LogP contribution in [0.1, 0.15) is 48.7 Å². The predicted molar refractivity (Wildman–Crippen MR) is 116 cm³/mol. The molecule has 158 valence electrons. The zero-order chi connectivity index (χ0) is 21.8. The molecule has 2 atom stereocenters. The monoisotopic (exact) mass is 418 g/mol. The van der Waals surface area contributed by atoms with Crippen LogP contribution in [-0.4, -0.2) is 27.5 Å². The van der Waals surface area contributed by atoms with E-state index in [2.05, 4.69) is 10.0 Å². The van der Waals surface area contributed by atoms with Crippen molar-refractivity contribution in [2.45, 2.75) is 52.0 Å². The first-order valence-electron chi connectivity index (χ1n) is 9.68. The minimum absolute atomic E-state index is 0.137. The summed E-state index contributed by atoms with van der Waals surface area (Å²) in [5, 5.41) is 2.83. The lowest BCUT2D eigenvalue weighted by Crippen LogP contribution is -2.37. The largest absolute Gasteiger partial charge is 0.495 e. The number of benzene rings is 2. The molecule has 0 aliphatic carbocycles. The van der Waals surface area contributed by atoms with Gasteiger partial charge in [0.05, 0.1) is 17.7 Å². The molecule has 1 amide bonds. The highest BCUT2D eigenvalue weighted by Gasteiger charge is 2.24. The fraction of sp³-hybridized carbons (Fsp3) is 0.409. The van der Waals surface area contributed by atoms with Gasteiger partial charge >= 0.3 is 0 Å². The molecule has 0 saturated carbocycles. The molecule has 0 fully saturated rings. The van der Waals surface area contributed by atoms with Gasteiger partial charge in [-0.3, -0.25) is 4.79 Å². The van der Waals surface area contributed by atoms with Gasteiger partial charge in [-0.1, -0.05) is 38.5 Å². The van der Waals surface area contributed by atoms with E-state index in [1.807, 2.05) is 39.8 Å². The third-order valence-corrected chi connectivity index (χ3v) is 6.96. The highest BCUT2D eigenvalue weighted by atomic mass is 32.2. The minimum Gasteiger partial charge on any atom is -0.495 e. The standard InChI is InChI=1S/C22H30N2O4S/c1-7-14(2)17(5)24-29(26,27)21-13-20(28-6)19(12-16(21)4)23-22(25)18-11-9-8-10-15(18)3/h8-14,17,24H,7H2,1-6H3,(H,23,25). The number of anilines is 1. The molecule has 0 bridgehead atoms. The fourth-order valence-corrected chi connectivity index (χ4v) is 4.61. The lowest BCUT2D eigenvalue weighted by molar-refractivity contribution is 0.102. The summed E-state index contributed by atoms with van der Waals surface area (Å²) in [6.45, 7) is 9.44. The third kappa shape index (κ3) is 5.36. The van der Waals surface area contributed by atoms with Gasteiger partial charge in [-0.25, -0.2) is 13.1 Å². The minimum atomic E-state index is -3.72. The van der Waals surface area contributed by atoms with Crippen molar-refractivity contribution < 1.29 is 17.9 Å². The van der Waals surface area contributed by atoms with E-state index in [1.165, 1.54) is 13.2 Å². The van der Waals surface area contributed by atoms with Gasteiger partial charge in [0.15, 0.2) is 0 Å². The second-order valence-corrected chi connectivity index (χ2v) is 9.06. The van der Waals surface area contributed by atoms with Crippen LogP contribution in [0.15, 0.2) is 41.3 Å². The van der Waals surface area contributed by atoms with Crippen LogP contribution in [0, 0.1) is 19.8 Å². The second-order valence-electron chi connectivity index (χ2n) is 7.38. The fourth-order valence-electron chi connectivity index (χ4n) is 3.02. The number of hydrogen-bond acceptors (Lipinski definition) is 4. The van der Waals surface area contributed by atoms with E-state index in [4.69, 9.17) is 4.74 Å². The van der Waals surface area contributed by atoms with E-state index in [1.54, 1.807) is 25.1 Å². The van der Waals surface area contributed by atoms with Gasteiger partial charge in [0.1, 0.15) is 5.75 Å². The molecule has 0 radical (unpaired) electrons. The number of sulfonamides is 1. The number of carbonyl (C=O) groups excluding carboxylic acids is 1. The van der Waals surface area contributed by atoms with Crippen molar-refractivity contribution in [3.8, 4) is 5.75 Å². The average molecular weight is 419 g/mol. The van der Waals surface area contributed by atoms with E-state index in [-0.39, 0.29) is 28.5 Å². The van der Waals surface area contributed by atoms with Crippen molar-refractivity contribution in [3.63, 3.8) is 0 Å². The molecule has 0 aliphatic rings. The number of amides is 1. The lowest BCUT2D eigenvalue weighted by Gasteiger charge is -2.21. The number of ether oxygens (including phenoxy) is 1. The van der Waals surface area contributed by atoms with E-state index in [0.29, 0.717) is 16.8 Å². The second kappa shape index (κ2) is 9.41. The molecular formula is C22H30N2O4S. The normalized spacial score (nSPS) is 13.6. The zero-order valence-electron chi connectivity index (χ0n) is 17.9. The molecule has 0 spiro atoms. The molecule has 0 saturated heterocycles. The van der Waals surface area contributed by atoms with E-state index < -0.39 is 10.0 Å². The molecule has 6 nitrogen and oxygen atoms in total. The maximum absolute atomic E-state index is 12.9. The van der Waals surface area contributed by atoms with Crippen molar-refractivity contribution in [2.75, 3.05) is 12.4 Å². The Hall–Kier alpha value is -2.38. The Morgan fingerprint density at radius 2 is 1.76 bits per heavy atom. The van der Waals surface area contributed by atoms with Crippen LogP contribution in [0.25, 0.3) is 0 Å². The van der Waals surface area contributed by atoms with Crippen LogP contribution in [-0.2, 0) is 10.0 Å². The van der Waals surface area contributed by atoms with Crippen LogP contribution in [0.4, 0.5) is 5.69 Å². The number of aryl methyl sites for hydroxylation is 2. The van der Waals surface area contributed by atoms with Crippen molar-refractivity contribution in [1.29, 1.82) is 0 Å². The van der Waals surface area contributed by atoms with Gasteiger partial charge < -0.3 is 10.1 Å². The Bertz CT molecular complexity index is 986. The summed E-state index contributed by atoms with van der Waals surface area (Å²) in [5.41, 5.74) is 2.35.